The van der Waals surface area contributed by atoms with Crippen LogP contribution in [0.25, 0.3) is 0 Å². The van der Waals surface area contributed by atoms with Crippen molar-refractivity contribution in [3.8, 4) is 0 Å². The molecule has 1 heterocycles. The molecule has 0 aliphatic carbocycles. The third kappa shape index (κ3) is 3.18. The Morgan fingerprint density at radius 1 is 1.27 bits per heavy atom. The lowest BCUT2D eigenvalue weighted by Gasteiger charge is -2.41. The van der Waals surface area contributed by atoms with Crippen LogP contribution < -0.4 is 5.73 Å². The minimum Gasteiger partial charge on any atom is -0.330 e. The lowest BCUT2D eigenvalue weighted by Crippen LogP contribution is -2.47. The first-order valence-electron chi connectivity index (χ1n) is 6.61. The van der Waals surface area contributed by atoms with Crippen LogP contribution in [-0.2, 0) is 0 Å². The molecule has 0 bridgehead atoms. The third-order valence-electron chi connectivity index (χ3n) is 4.41. The molecular weight excluding hydrogens is 184 g/mol. The van der Waals surface area contributed by atoms with Crippen LogP contribution in [0.4, 0.5) is 0 Å². The molecule has 0 amide bonds. The van der Waals surface area contributed by atoms with E-state index in [1.54, 1.807) is 0 Å². The van der Waals surface area contributed by atoms with E-state index < -0.39 is 0 Å². The highest BCUT2D eigenvalue weighted by atomic mass is 15.2. The van der Waals surface area contributed by atoms with Gasteiger partial charge in [-0.25, -0.2) is 0 Å². The first-order chi connectivity index (χ1) is 7.17. The molecule has 2 nitrogen and oxygen atoms in total. The minimum atomic E-state index is 0.367. The van der Waals surface area contributed by atoms with Gasteiger partial charge in [0.2, 0.25) is 0 Å². The topological polar surface area (TPSA) is 29.3 Å². The Morgan fingerprint density at radius 2 is 1.93 bits per heavy atom. The SMILES string of the molecule is CCC(CC)(CN)CN1CCCCC1C. The highest BCUT2D eigenvalue weighted by Crippen LogP contribution is 2.29. The molecule has 1 rings (SSSR count). The summed E-state index contributed by atoms with van der Waals surface area (Å²) in [4.78, 5) is 2.66. The predicted molar refractivity (Wildman–Crippen MR) is 67.0 cm³/mol. The average molecular weight is 212 g/mol. The number of piperidine rings is 1. The Labute approximate surface area is 95.2 Å². The van der Waals surface area contributed by atoms with Crippen molar-refractivity contribution in [1.82, 2.24) is 4.90 Å². The second-order valence-corrected chi connectivity index (χ2v) is 5.23. The van der Waals surface area contributed by atoms with Gasteiger partial charge in [-0.15, -0.1) is 0 Å². The maximum atomic E-state index is 5.96. The normalized spacial score (nSPS) is 24.4. The van der Waals surface area contributed by atoms with Crippen LogP contribution in [0.5, 0.6) is 0 Å². The molecule has 1 unspecified atom stereocenters. The van der Waals surface area contributed by atoms with Gasteiger partial charge in [-0.05, 0) is 51.1 Å². The Balaban J connectivity index is 2.56. The van der Waals surface area contributed by atoms with Gasteiger partial charge in [-0.1, -0.05) is 20.3 Å². The van der Waals surface area contributed by atoms with E-state index in [0.29, 0.717) is 5.41 Å². The molecule has 0 saturated carbocycles. The summed E-state index contributed by atoms with van der Waals surface area (Å²) >= 11 is 0. The van der Waals surface area contributed by atoms with Crippen LogP contribution in [0.2, 0.25) is 0 Å². The van der Waals surface area contributed by atoms with Crippen LogP contribution in [-0.4, -0.2) is 30.6 Å². The van der Waals surface area contributed by atoms with Gasteiger partial charge in [-0.2, -0.15) is 0 Å². The van der Waals surface area contributed by atoms with E-state index in [0.717, 1.165) is 12.6 Å². The zero-order chi connectivity index (χ0) is 11.3. The van der Waals surface area contributed by atoms with E-state index >= 15 is 0 Å². The van der Waals surface area contributed by atoms with E-state index in [1.807, 2.05) is 0 Å². The molecule has 1 aliphatic heterocycles. The molecular formula is C13H28N2. The zero-order valence-corrected chi connectivity index (χ0v) is 10.8. The highest BCUT2D eigenvalue weighted by molar-refractivity contribution is 4.85. The van der Waals surface area contributed by atoms with Crippen molar-refractivity contribution in [3.63, 3.8) is 0 Å². The Kier molecular flexibility index (Phi) is 5.07. The maximum absolute atomic E-state index is 5.96. The van der Waals surface area contributed by atoms with Crippen LogP contribution >= 0.6 is 0 Å². The van der Waals surface area contributed by atoms with Crippen LogP contribution in [0.1, 0.15) is 52.9 Å². The van der Waals surface area contributed by atoms with Crippen molar-refractivity contribution in [2.45, 2.75) is 58.9 Å². The molecule has 90 valence electrons. The van der Waals surface area contributed by atoms with Crippen LogP contribution in [0.3, 0.4) is 0 Å². The van der Waals surface area contributed by atoms with Crippen molar-refractivity contribution in [3.05, 3.63) is 0 Å². The summed E-state index contributed by atoms with van der Waals surface area (Å²) in [7, 11) is 0. The number of nitrogens with two attached hydrogens (primary N) is 1. The summed E-state index contributed by atoms with van der Waals surface area (Å²) in [5.74, 6) is 0. The van der Waals surface area contributed by atoms with E-state index in [9.17, 15) is 0 Å². The van der Waals surface area contributed by atoms with Crippen LogP contribution in [0.15, 0.2) is 0 Å². The molecule has 2 N–H and O–H groups in total. The summed E-state index contributed by atoms with van der Waals surface area (Å²) in [6.07, 6.45) is 6.57. The standard InChI is InChI=1S/C13H28N2/c1-4-13(5-2,10-14)11-15-9-7-6-8-12(15)3/h12H,4-11,14H2,1-3H3. The van der Waals surface area contributed by atoms with Crippen molar-refractivity contribution < 1.29 is 0 Å². The lowest BCUT2D eigenvalue weighted by atomic mass is 9.81. The van der Waals surface area contributed by atoms with Crippen LogP contribution in [0, 0.1) is 5.41 Å². The van der Waals surface area contributed by atoms with E-state index in [2.05, 4.69) is 25.7 Å². The Morgan fingerprint density at radius 3 is 2.40 bits per heavy atom. The van der Waals surface area contributed by atoms with Gasteiger partial charge in [0.15, 0.2) is 0 Å². The number of rotatable bonds is 5. The molecule has 1 fully saturated rings. The summed E-state index contributed by atoms with van der Waals surface area (Å²) in [5, 5.41) is 0. The Hall–Kier alpha value is -0.0800. The van der Waals surface area contributed by atoms with Gasteiger partial charge >= 0.3 is 0 Å². The second kappa shape index (κ2) is 5.86. The molecule has 1 saturated heterocycles. The Bertz CT molecular complexity index is 167. The largest absolute Gasteiger partial charge is 0.330 e. The molecule has 0 aromatic rings. The molecule has 15 heavy (non-hydrogen) atoms. The average Bonchev–Trinajstić information content (AvgIpc) is 2.29. The second-order valence-electron chi connectivity index (χ2n) is 5.23. The molecule has 0 spiro atoms. The molecule has 0 aromatic carbocycles. The van der Waals surface area contributed by atoms with Crippen molar-refractivity contribution in [1.29, 1.82) is 0 Å². The maximum Gasteiger partial charge on any atom is 0.00671 e. The molecule has 1 aliphatic rings. The fourth-order valence-electron chi connectivity index (χ4n) is 2.65. The van der Waals surface area contributed by atoms with Crippen molar-refractivity contribution in [2.24, 2.45) is 11.1 Å². The van der Waals surface area contributed by atoms with Crippen molar-refractivity contribution >= 4 is 0 Å². The summed E-state index contributed by atoms with van der Waals surface area (Å²) < 4.78 is 0. The van der Waals surface area contributed by atoms with Gasteiger partial charge < -0.3 is 10.6 Å². The first kappa shape index (κ1) is 13.0. The van der Waals surface area contributed by atoms with Gasteiger partial charge in [-0.3, -0.25) is 0 Å². The highest BCUT2D eigenvalue weighted by Gasteiger charge is 2.30. The minimum absolute atomic E-state index is 0.367. The summed E-state index contributed by atoms with van der Waals surface area (Å²) in [6.45, 7) is 10.3. The third-order valence-corrected chi connectivity index (χ3v) is 4.41. The van der Waals surface area contributed by atoms with E-state index in [1.165, 1.54) is 45.2 Å². The van der Waals surface area contributed by atoms with E-state index in [-0.39, 0.29) is 0 Å². The fraction of sp³-hybridized carbons (Fsp3) is 1.00. The fourth-order valence-corrected chi connectivity index (χ4v) is 2.65. The number of hydrogen-bond acceptors (Lipinski definition) is 2. The first-order valence-corrected chi connectivity index (χ1v) is 6.61. The smallest absolute Gasteiger partial charge is 0.00671 e. The summed E-state index contributed by atoms with van der Waals surface area (Å²) in [5.41, 5.74) is 6.33. The zero-order valence-electron chi connectivity index (χ0n) is 10.8. The molecule has 2 heteroatoms. The number of nitrogens with zero attached hydrogens (tertiary/aromatic N) is 1. The molecule has 0 aromatic heterocycles. The molecule has 0 radical (unpaired) electrons. The number of likely N-dealkylation sites (tertiary alicyclic amines) is 1. The quantitative estimate of drug-likeness (QED) is 0.759. The predicted octanol–water partition coefficient (Wildman–Crippen LogP) is 2.63. The molecule has 1 atom stereocenters. The lowest BCUT2D eigenvalue weighted by molar-refractivity contribution is 0.0858. The monoisotopic (exact) mass is 212 g/mol. The summed E-state index contributed by atoms with van der Waals surface area (Å²) in [6, 6.07) is 0.766. The van der Waals surface area contributed by atoms with Gasteiger partial charge in [0.1, 0.15) is 0 Å². The van der Waals surface area contributed by atoms with Crippen molar-refractivity contribution in [2.75, 3.05) is 19.6 Å². The van der Waals surface area contributed by atoms with Gasteiger partial charge in [0, 0.05) is 12.6 Å². The number of hydrogen-bond donors (Lipinski definition) is 1. The van der Waals surface area contributed by atoms with Gasteiger partial charge in [0.05, 0.1) is 0 Å². The van der Waals surface area contributed by atoms with E-state index in [4.69, 9.17) is 5.73 Å². The van der Waals surface area contributed by atoms with Gasteiger partial charge in [0.25, 0.3) is 0 Å².